The smallest absolute Gasteiger partial charge is 0.341 e. The average Bonchev–Trinajstić information content (AvgIpc) is 3.43. The minimum atomic E-state index is -4.96. The van der Waals surface area contributed by atoms with Crippen LogP contribution < -0.4 is 10.2 Å². The number of furan rings is 1. The highest BCUT2D eigenvalue weighted by molar-refractivity contribution is 7.91. The van der Waals surface area contributed by atoms with Crippen LogP contribution >= 0.6 is 0 Å². The van der Waals surface area contributed by atoms with Gasteiger partial charge >= 0.3 is 5.76 Å². The van der Waals surface area contributed by atoms with E-state index >= 15 is 0 Å². The summed E-state index contributed by atoms with van der Waals surface area (Å²) in [6.45, 7) is 0.432. The highest BCUT2D eigenvalue weighted by Crippen LogP contribution is 2.32. The normalized spacial score (nSPS) is 13.3. The lowest BCUT2D eigenvalue weighted by Gasteiger charge is -2.17. The molecule has 0 spiro atoms. The van der Waals surface area contributed by atoms with Crippen LogP contribution in [0.3, 0.4) is 0 Å². The number of hydrogen-bond donors (Lipinski definition) is 1. The van der Waals surface area contributed by atoms with Gasteiger partial charge in [-0.15, -0.1) is 0 Å². The van der Waals surface area contributed by atoms with E-state index < -0.39 is 32.0 Å². The molecule has 1 aliphatic rings. The zero-order chi connectivity index (χ0) is 22.2. The predicted molar refractivity (Wildman–Crippen MR) is 108 cm³/mol. The van der Waals surface area contributed by atoms with Crippen LogP contribution in [-0.2, 0) is 16.3 Å². The highest BCUT2D eigenvalue weighted by Gasteiger charge is 2.31. The number of nitrogens with one attached hydrogen (secondary N) is 1. The van der Waals surface area contributed by atoms with Crippen LogP contribution in [0.1, 0.15) is 26.5 Å². The summed E-state index contributed by atoms with van der Waals surface area (Å²) in [6.07, 6.45) is 2.01. The fraction of sp³-hybridized carbons (Fsp3) is 0.143. The number of benzene rings is 2. The molecule has 160 valence electrons. The summed E-state index contributed by atoms with van der Waals surface area (Å²) in [6, 6.07) is 12.8. The first-order valence-electron chi connectivity index (χ1n) is 9.20. The van der Waals surface area contributed by atoms with Crippen molar-refractivity contribution in [1.29, 1.82) is 0 Å². The topological polar surface area (TPSA) is 96.7 Å². The molecule has 0 aliphatic carbocycles. The third kappa shape index (κ3) is 3.81. The number of anilines is 2. The van der Waals surface area contributed by atoms with Gasteiger partial charge in [-0.05, 0) is 48.4 Å². The van der Waals surface area contributed by atoms with Gasteiger partial charge in [-0.1, -0.05) is 18.2 Å². The van der Waals surface area contributed by atoms with Crippen molar-refractivity contribution in [2.24, 2.45) is 0 Å². The van der Waals surface area contributed by atoms with Crippen molar-refractivity contribution in [3.63, 3.8) is 0 Å². The number of alkyl halides is 2. The fourth-order valence-corrected chi connectivity index (χ4v) is 4.33. The van der Waals surface area contributed by atoms with E-state index in [9.17, 15) is 26.8 Å². The van der Waals surface area contributed by atoms with Crippen molar-refractivity contribution >= 4 is 33.0 Å². The number of rotatable bonds is 5. The van der Waals surface area contributed by atoms with Gasteiger partial charge in [-0.25, -0.2) is 8.42 Å². The summed E-state index contributed by atoms with van der Waals surface area (Å²) in [5, 5.41) is 2.52. The predicted octanol–water partition coefficient (Wildman–Crippen LogP) is 3.73. The Morgan fingerprint density at radius 1 is 1.06 bits per heavy atom. The molecule has 0 bridgehead atoms. The molecule has 2 aromatic carbocycles. The van der Waals surface area contributed by atoms with Gasteiger partial charge < -0.3 is 14.6 Å². The van der Waals surface area contributed by atoms with E-state index in [-0.39, 0.29) is 17.4 Å². The molecule has 0 saturated heterocycles. The Balaban J connectivity index is 1.62. The minimum absolute atomic E-state index is 0.174. The Morgan fingerprint density at radius 2 is 1.84 bits per heavy atom. The standard InChI is InChI=1S/C21H16F2N2O5S/c22-21(23)31(28,29)18-6-2-1-4-15(18)19(26)24-14-8-7-13-9-10-25(16(13)12-14)20(27)17-5-3-11-30-17/h1-8,11-12,21H,9-10H2,(H,24,26). The molecule has 1 aliphatic heterocycles. The summed E-state index contributed by atoms with van der Waals surface area (Å²) in [5.41, 5.74) is 1.35. The number of hydrogen-bond acceptors (Lipinski definition) is 5. The maximum atomic E-state index is 13.0. The number of carbonyl (C=O) groups is 2. The number of carbonyl (C=O) groups excluding carboxylic acids is 2. The molecule has 3 aromatic rings. The molecule has 2 amide bonds. The van der Waals surface area contributed by atoms with Gasteiger partial charge in [0.15, 0.2) is 5.76 Å². The van der Waals surface area contributed by atoms with Crippen LogP contribution in [0.4, 0.5) is 20.2 Å². The molecule has 0 fully saturated rings. The van der Waals surface area contributed by atoms with Crippen molar-refractivity contribution in [3.05, 3.63) is 77.7 Å². The molecular weight excluding hydrogens is 430 g/mol. The van der Waals surface area contributed by atoms with Crippen LogP contribution in [0.25, 0.3) is 0 Å². The van der Waals surface area contributed by atoms with E-state index in [1.54, 1.807) is 30.3 Å². The quantitative estimate of drug-likeness (QED) is 0.644. The van der Waals surface area contributed by atoms with Gasteiger partial charge in [0.05, 0.1) is 16.7 Å². The first-order valence-corrected chi connectivity index (χ1v) is 10.7. The van der Waals surface area contributed by atoms with E-state index in [1.807, 2.05) is 0 Å². The van der Waals surface area contributed by atoms with E-state index in [4.69, 9.17) is 4.42 Å². The molecular formula is C21H16F2N2O5S. The molecule has 0 unspecified atom stereocenters. The summed E-state index contributed by atoms with van der Waals surface area (Å²) < 4.78 is 55.0. The largest absolute Gasteiger partial charge is 0.459 e. The zero-order valence-corrected chi connectivity index (χ0v) is 16.7. The summed E-state index contributed by atoms with van der Waals surface area (Å²) in [5.74, 6) is -4.67. The molecule has 0 saturated carbocycles. The highest BCUT2D eigenvalue weighted by atomic mass is 32.2. The number of fused-ring (bicyclic) bond motifs is 1. The maximum Gasteiger partial charge on any atom is 0.341 e. The summed E-state index contributed by atoms with van der Waals surface area (Å²) in [7, 11) is -4.96. The Labute approximate surface area is 176 Å². The van der Waals surface area contributed by atoms with Crippen molar-refractivity contribution in [1.82, 2.24) is 0 Å². The second-order valence-electron chi connectivity index (χ2n) is 6.78. The SMILES string of the molecule is O=C(Nc1ccc2c(c1)N(C(=O)c1ccco1)CC2)c1ccccc1S(=O)(=O)C(F)F. The Hall–Kier alpha value is -3.53. The molecule has 4 rings (SSSR count). The monoisotopic (exact) mass is 446 g/mol. The number of sulfone groups is 1. The maximum absolute atomic E-state index is 13.0. The molecule has 1 N–H and O–H groups in total. The minimum Gasteiger partial charge on any atom is -0.459 e. The third-order valence-corrected chi connectivity index (χ3v) is 6.33. The Bertz CT molecular complexity index is 1260. The summed E-state index contributed by atoms with van der Waals surface area (Å²) >= 11 is 0. The van der Waals surface area contributed by atoms with Gasteiger partial charge in [0.1, 0.15) is 0 Å². The number of nitrogens with zero attached hydrogens (tertiary/aromatic N) is 1. The Kier molecular flexibility index (Phi) is 5.32. The summed E-state index contributed by atoms with van der Waals surface area (Å²) in [4.78, 5) is 26.1. The van der Waals surface area contributed by atoms with Crippen LogP contribution in [0, 0.1) is 0 Å². The number of halogens is 2. The molecule has 10 heteroatoms. The van der Waals surface area contributed by atoms with Crippen molar-refractivity contribution in [3.8, 4) is 0 Å². The average molecular weight is 446 g/mol. The van der Waals surface area contributed by atoms with Gasteiger partial charge in [0, 0.05) is 17.9 Å². The molecule has 0 radical (unpaired) electrons. The van der Waals surface area contributed by atoms with Crippen LogP contribution in [0.5, 0.6) is 0 Å². The van der Waals surface area contributed by atoms with E-state index in [1.165, 1.54) is 23.3 Å². The van der Waals surface area contributed by atoms with Crippen molar-refractivity contribution in [2.75, 3.05) is 16.8 Å². The molecule has 2 heterocycles. The van der Waals surface area contributed by atoms with Gasteiger partial charge in [0.2, 0.25) is 9.84 Å². The van der Waals surface area contributed by atoms with E-state index in [2.05, 4.69) is 5.32 Å². The van der Waals surface area contributed by atoms with Crippen molar-refractivity contribution < 1.29 is 31.2 Å². The van der Waals surface area contributed by atoms with Gasteiger partial charge in [-0.2, -0.15) is 8.78 Å². The van der Waals surface area contributed by atoms with Crippen LogP contribution in [0.2, 0.25) is 0 Å². The van der Waals surface area contributed by atoms with Crippen molar-refractivity contribution in [2.45, 2.75) is 17.1 Å². The molecule has 7 nitrogen and oxygen atoms in total. The van der Waals surface area contributed by atoms with Crippen LogP contribution in [0.15, 0.2) is 70.2 Å². The fourth-order valence-electron chi connectivity index (χ4n) is 3.40. The second kappa shape index (κ2) is 7.95. The molecule has 0 atom stereocenters. The molecule has 31 heavy (non-hydrogen) atoms. The van der Waals surface area contributed by atoms with Crippen LogP contribution in [-0.4, -0.2) is 32.5 Å². The first kappa shape index (κ1) is 20.7. The third-order valence-electron chi connectivity index (χ3n) is 4.89. The van der Waals surface area contributed by atoms with E-state index in [0.717, 1.165) is 17.7 Å². The lowest BCUT2D eigenvalue weighted by molar-refractivity contribution is 0.0962. The number of amides is 2. The zero-order valence-electron chi connectivity index (χ0n) is 15.9. The first-order chi connectivity index (χ1) is 14.8. The second-order valence-corrected chi connectivity index (χ2v) is 8.67. The van der Waals surface area contributed by atoms with Gasteiger partial charge in [-0.3, -0.25) is 9.59 Å². The van der Waals surface area contributed by atoms with E-state index in [0.29, 0.717) is 18.7 Å². The Morgan fingerprint density at radius 3 is 2.55 bits per heavy atom. The lowest BCUT2D eigenvalue weighted by atomic mass is 10.1. The molecule has 1 aromatic heterocycles. The lowest BCUT2D eigenvalue weighted by Crippen LogP contribution is -2.28. The van der Waals surface area contributed by atoms with Gasteiger partial charge in [0.25, 0.3) is 11.8 Å².